The zero-order valence-corrected chi connectivity index (χ0v) is 16.5. The number of rotatable bonds is 6. The van der Waals surface area contributed by atoms with Crippen molar-refractivity contribution in [2.75, 3.05) is 5.32 Å². The molecular formula is C16H22N4O3S2. The van der Waals surface area contributed by atoms with Gasteiger partial charge < -0.3 is 5.32 Å². The molecule has 25 heavy (non-hydrogen) atoms. The van der Waals surface area contributed by atoms with E-state index in [1.54, 1.807) is 20.8 Å². The van der Waals surface area contributed by atoms with Crippen molar-refractivity contribution < 1.29 is 13.2 Å². The topological polar surface area (TPSA) is 101 Å². The molecule has 2 N–H and O–H groups in total. The fourth-order valence-electron chi connectivity index (χ4n) is 2.00. The van der Waals surface area contributed by atoms with Gasteiger partial charge in [0.25, 0.3) is 10.0 Å². The molecule has 1 heterocycles. The summed E-state index contributed by atoms with van der Waals surface area (Å²) in [5.41, 5.74) is 3.11. The summed E-state index contributed by atoms with van der Waals surface area (Å²) in [6.07, 6.45) is 0. The Hall–Kier alpha value is -1.84. The van der Waals surface area contributed by atoms with Crippen molar-refractivity contribution in [1.82, 2.24) is 14.9 Å². The molecule has 0 aliphatic carbocycles. The highest BCUT2D eigenvalue weighted by Crippen LogP contribution is 2.23. The number of carbonyl (C=O) groups excluding carboxylic acids is 1. The van der Waals surface area contributed by atoms with E-state index in [0.717, 1.165) is 28.0 Å². The van der Waals surface area contributed by atoms with Crippen LogP contribution in [-0.4, -0.2) is 24.5 Å². The maximum atomic E-state index is 12.5. The molecular weight excluding hydrogens is 360 g/mol. The molecule has 1 aromatic carbocycles. The van der Waals surface area contributed by atoms with Gasteiger partial charge in [-0.1, -0.05) is 43.4 Å². The zero-order chi connectivity index (χ0) is 18.8. The second-order valence-electron chi connectivity index (χ2n) is 6.20. The van der Waals surface area contributed by atoms with Gasteiger partial charge in [-0.15, -0.1) is 10.2 Å². The maximum absolute atomic E-state index is 12.5. The van der Waals surface area contributed by atoms with Crippen LogP contribution in [0.3, 0.4) is 0 Å². The van der Waals surface area contributed by atoms with E-state index in [1.165, 1.54) is 0 Å². The Morgan fingerprint density at radius 1 is 1.12 bits per heavy atom. The number of nitrogens with zero attached hydrogens (tertiary/aromatic N) is 2. The molecule has 2 rings (SSSR count). The van der Waals surface area contributed by atoms with Crippen LogP contribution in [0.25, 0.3) is 0 Å². The van der Waals surface area contributed by atoms with Gasteiger partial charge in [0.15, 0.2) is 0 Å². The lowest BCUT2D eigenvalue weighted by molar-refractivity contribution is -0.118. The van der Waals surface area contributed by atoms with Crippen LogP contribution in [0.4, 0.5) is 5.13 Å². The monoisotopic (exact) mass is 382 g/mol. The minimum absolute atomic E-state index is 0.165. The number of carbonyl (C=O) groups is 1. The predicted molar refractivity (Wildman–Crippen MR) is 98.0 cm³/mol. The van der Waals surface area contributed by atoms with Crippen LogP contribution >= 0.6 is 11.3 Å². The SMILES string of the molecule is Cc1ccc(C(C)NS(=O)(=O)c2nnc(NC(=O)C(C)C)s2)cc1C. The van der Waals surface area contributed by atoms with Crippen molar-refractivity contribution in [3.05, 3.63) is 34.9 Å². The molecule has 1 amide bonds. The van der Waals surface area contributed by atoms with Gasteiger partial charge in [0.05, 0.1) is 0 Å². The highest BCUT2D eigenvalue weighted by atomic mass is 32.2. The van der Waals surface area contributed by atoms with E-state index >= 15 is 0 Å². The van der Waals surface area contributed by atoms with Crippen LogP contribution in [0.15, 0.2) is 22.5 Å². The summed E-state index contributed by atoms with van der Waals surface area (Å²) in [4.78, 5) is 11.7. The summed E-state index contributed by atoms with van der Waals surface area (Å²) in [6.45, 7) is 9.22. The van der Waals surface area contributed by atoms with Gasteiger partial charge >= 0.3 is 0 Å². The van der Waals surface area contributed by atoms with E-state index in [9.17, 15) is 13.2 Å². The molecule has 9 heteroatoms. The van der Waals surface area contributed by atoms with E-state index in [1.807, 2.05) is 32.0 Å². The fraction of sp³-hybridized carbons (Fsp3) is 0.438. The summed E-state index contributed by atoms with van der Waals surface area (Å²) in [6, 6.07) is 5.39. The third kappa shape index (κ3) is 4.83. The van der Waals surface area contributed by atoms with E-state index in [2.05, 4.69) is 20.2 Å². The molecule has 0 bridgehead atoms. The van der Waals surface area contributed by atoms with Gasteiger partial charge in [-0.05, 0) is 37.5 Å². The molecule has 0 saturated heterocycles. The molecule has 1 atom stereocenters. The Labute approximate surface area is 151 Å². The first-order valence-electron chi connectivity index (χ1n) is 7.84. The number of benzene rings is 1. The lowest BCUT2D eigenvalue weighted by Crippen LogP contribution is -2.27. The summed E-state index contributed by atoms with van der Waals surface area (Å²) in [5.74, 6) is -0.469. The maximum Gasteiger partial charge on any atom is 0.270 e. The molecule has 1 unspecified atom stereocenters. The van der Waals surface area contributed by atoms with Gasteiger partial charge in [0.2, 0.25) is 15.4 Å². The smallest absolute Gasteiger partial charge is 0.270 e. The van der Waals surface area contributed by atoms with Gasteiger partial charge in [0, 0.05) is 12.0 Å². The van der Waals surface area contributed by atoms with Crippen molar-refractivity contribution in [1.29, 1.82) is 0 Å². The Bertz CT molecular complexity index is 875. The van der Waals surface area contributed by atoms with Crippen molar-refractivity contribution in [3.63, 3.8) is 0 Å². The summed E-state index contributed by atoms with van der Waals surface area (Å²) >= 11 is 0.824. The Kier molecular flexibility index (Phi) is 5.91. The second-order valence-corrected chi connectivity index (χ2v) is 9.07. The minimum Gasteiger partial charge on any atom is -0.300 e. The summed E-state index contributed by atoms with van der Waals surface area (Å²) in [7, 11) is -3.82. The Balaban J connectivity index is 2.14. The fourth-order valence-corrected chi connectivity index (χ4v) is 4.15. The first kappa shape index (κ1) is 19.5. The highest BCUT2D eigenvalue weighted by molar-refractivity contribution is 7.91. The first-order valence-corrected chi connectivity index (χ1v) is 10.1. The van der Waals surface area contributed by atoms with Crippen molar-refractivity contribution in [3.8, 4) is 0 Å². The molecule has 136 valence electrons. The molecule has 0 aliphatic rings. The summed E-state index contributed by atoms with van der Waals surface area (Å²) in [5, 5.41) is 10.1. The molecule has 0 radical (unpaired) electrons. The minimum atomic E-state index is -3.82. The average Bonchev–Trinajstić information content (AvgIpc) is 2.98. The predicted octanol–water partition coefficient (Wildman–Crippen LogP) is 2.79. The lowest BCUT2D eigenvalue weighted by Gasteiger charge is -2.14. The van der Waals surface area contributed by atoms with Crippen LogP contribution < -0.4 is 10.0 Å². The molecule has 0 fully saturated rings. The third-order valence-corrected chi connectivity index (χ3v) is 6.50. The highest BCUT2D eigenvalue weighted by Gasteiger charge is 2.24. The molecule has 2 aromatic rings. The van der Waals surface area contributed by atoms with Crippen LogP contribution in [0.2, 0.25) is 0 Å². The molecule has 0 spiro atoms. The number of amides is 1. The van der Waals surface area contributed by atoms with Crippen molar-refractivity contribution in [2.24, 2.45) is 5.92 Å². The number of hydrogen-bond donors (Lipinski definition) is 2. The number of nitrogens with one attached hydrogen (secondary N) is 2. The Morgan fingerprint density at radius 2 is 1.80 bits per heavy atom. The largest absolute Gasteiger partial charge is 0.300 e. The van der Waals surface area contributed by atoms with Crippen LogP contribution in [0.5, 0.6) is 0 Å². The number of sulfonamides is 1. The van der Waals surface area contributed by atoms with E-state index in [-0.39, 0.29) is 21.3 Å². The summed E-state index contributed by atoms with van der Waals surface area (Å²) < 4.78 is 27.4. The number of aryl methyl sites for hydroxylation is 2. The van der Waals surface area contributed by atoms with E-state index in [4.69, 9.17) is 0 Å². The molecule has 1 aromatic heterocycles. The average molecular weight is 383 g/mol. The lowest BCUT2D eigenvalue weighted by atomic mass is 10.0. The molecule has 0 saturated carbocycles. The van der Waals surface area contributed by atoms with Gasteiger partial charge in [0.1, 0.15) is 0 Å². The second kappa shape index (κ2) is 7.59. The third-order valence-electron chi connectivity index (χ3n) is 3.75. The van der Waals surface area contributed by atoms with Crippen LogP contribution in [-0.2, 0) is 14.8 Å². The van der Waals surface area contributed by atoms with Crippen LogP contribution in [0.1, 0.15) is 43.5 Å². The number of hydrogen-bond acceptors (Lipinski definition) is 6. The number of aromatic nitrogens is 2. The van der Waals surface area contributed by atoms with Crippen molar-refractivity contribution in [2.45, 2.75) is 45.0 Å². The van der Waals surface area contributed by atoms with Gasteiger partial charge in [-0.25, -0.2) is 13.1 Å². The van der Waals surface area contributed by atoms with E-state index in [0.29, 0.717) is 0 Å². The Morgan fingerprint density at radius 3 is 2.40 bits per heavy atom. The quantitative estimate of drug-likeness (QED) is 0.748. The normalized spacial score (nSPS) is 13.0. The standard InChI is InChI=1S/C16H22N4O3S2/c1-9(2)14(21)17-15-18-19-16(24-15)25(22,23)20-12(5)13-7-6-10(3)11(4)8-13/h6-9,12,20H,1-5H3,(H,17,18,21). The number of anilines is 1. The first-order chi connectivity index (χ1) is 11.6. The van der Waals surface area contributed by atoms with Gasteiger partial charge in [-0.3, -0.25) is 4.79 Å². The van der Waals surface area contributed by atoms with E-state index < -0.39 is 16.1 Å². The van der Waals surface area contributed by atoms with Crippen LogP contribution in [0, 0.1) is 19.8 Å². The van der Waals surface area contributed by atoms with Gasteiger partial charge in [-0.2, -0.15) is 0 Å². The van der Waals surface area contributed by atoms with Crippen molar-refractivity contribution >= 4 is 32.4 Å². The molecule has 7 nitrogen and oxygen atoms in total. The zero-order valence-electron chi connectivity index (χ0n) is 14.8. The molecule has 0 aliphatic heterocycles.